The third-order valence-electron chi connectivity index (χ3n) is 11.6. The smallest absolute Gasteiger partial charge is 0.478 e. The minimum absolute atomic E-state index is 0.00276. The number of carbonyl (C=O) groups is 3. The van der Waals surface area contributed by atoms with Crippen LogP contribution in [-0.2, 0) is 65.6 Å². The number of carboxylic acids is 1. The quantitative estimate of drug-likeness (QED) is 0.00255. The number of urea groups is 1. The molecular weight excluding hydrogens is 1310 g/mol. The monoisotopic (exact) mass is 1360 g/mol. The van der Waals surface area contributed by atoms with Crippen molar-refractivity contribution in [3.05, 3.63) is 91.6 Å². The molecule has 0 spiro atoms. The number of phosphoric ester groups is 1. The van der Waals surface area contributed by atoms with Crippen molar-refractivity contribution in [1.82, 2.24) is 25.5 Å². The first-order valence-corrected chi connectivity index (χ1v) is 34.1. The lowest BCUT2D eigenvalue weighted by Crippen LogP contribution is -2.36. The highest BCUT2D eigenvalue weighted by molar-refractivity contribution is 8.76. The molecule has 0 bridgehead atoms. The van der Waals surface area contributed by atoms with E-state index in [1.807, 2.05) is 0 Å². The number of anilines is 2. The van der Waals surface area contributed by atoms with Gasteiger partial charge in [0.15, 0.2) is 21.1 Å². The fraction of sp³-hybridized carbons (Fsp3) is 0.349. The summed E-state index contributed by atoms with van der Waals surface area (Å²) in [7, 11) is -24.6. The Bertz CT molecular complexity index is 4030. The number of nitrogens with two attached hydrogens (primary N) is 3. The predicted octanol–water partition coefficient (Wildman–Crippen LogP) is 2.82. The standard InChI is InChI=1S/C43H51N12O25P3S4/c44-29-10-8-26-34(27-9-11-30(45)38(87(71,72)78-48)36(27)77-35(26)37(29)86(68,69)70)28-17-23(6-7-25(28)41(57)58)40(56)49-14-16-84-85-22-73-15-3-1-2-12-50-42(59)51-13-4-5-24-19-55(43(60)53-39(24)46)33-18-31(74-21-52-54-47)32(76-33)20-75-82(64,65)80-83(66,67)79-81(61,62)63/h6-11,17,19,31-33,44H,1-3,12-16,18,20-22,45,48H2,(H,49,56)(H,57,58)(H,64,65)(H,66,67)(H2,46,53,60)(H2,50,51,59)(H2,61,62,63)(H,68,69,70)/t31-,32-,33-/m1/s1. The first kappa shape index (κ1) is 69.6. The van der Waals surface area contributed by atoms with E-state index in [0.717, 1.165) is 29.0 Å². The van der Waals surface area contributed by atoms with Crippen molar-refractivity contribution >= 4 is 106 Å². The number of nitrogens with one attached hydrogen (secondary N) is 4. The molecule has 37 nitrogen and oxygen atoms in total. The Balaban J connectivity index is 0.922. The molecule has 1 fully saturated rings. The van der Waals surface area contributed by atoms with Crippen molar-refractivity contribution < 1.29 is 110 Å². The second-order valence-corrected chi connectivity index (χ2v) is 27.3. The van der Waals surface area contributed by atoms with E-state index < -0.39 is 137 Å². The van der Waals surface area contributed by atoms with Crippen LogP contribution in [0.4, 0.5) is 16.3 Å². The number of nitrogens with zero attached hydrogens (tertiary/aromatic N) is 5. The molecule has 3 aromatic rings. The van der Waals surface area contributed by atoms with Crippen LogP contribution in [0, 0.1) is 17.3 Å². The van der Waals surface area contributed by atoms with Crippen LogP contribution in [0.15, 0.2) is 72.8 Å². The largest absolute Gasteiger partial charge is 0.490 e. The van der Waals surface area contributed by atoms with Gasteiger partial charge < -0.3 is 70.7 Å². The Hall–Kier alpha value is -6.54. The number of fused-ring (bicyclic) bond motifs is 2. The zero-order chi connectivity index (χ0) is 64.1. The third-order valence-corrected chi connectivity index (χ3v) is 19.6. The molecule has 3 aliphatic rings. The molecule has 0 radical (unpaired) electrons. The van der Waals surface area contributed by atoms with Crippen LogP contribution in [-0.4, -0.2) is 137 Å². The highest BCUT2D eigenvalue weighted by atomic mass is 33.1. The van der Waals surface area contributed by atoms with Gasteiger partial charge in [0.2, 0.25) is 0 Å². The molecule has 87 heavy (non-hydrogen) atoms. The third kappa shape index (κ3) is 19.2. The first-order valence-electron chi connectivity index (χ1n) is 24.3. The number of hydrogen-bond acceptors (Lipinski definition) is 27. The van der Waals surface area contributed by atoms with Crippen LogP contribution < -0.4 is 44.4 Å². The van der Waals surface area contributed by atoms with Gasteiger partial charge in [-0.2, -0.15) is 40.6 Å². The number of carbonyl (C=O) groups excluding carboxylic acids is 2. The normalized spacial score (nSPS) is 16.7. The highest BCUT2D eigenvalue weighted by Gasteiger charge is 2.44. The lowest BCUT2D eigenvalue weighted by molar-refractivity contribution is -0.0601. The molecule has 2 aromatic carbocycles. The van der Waals surface area contributed by atoms with Gasteiger partial charge in [-0.05, 0) is 72.8 Å². The summed E-state index contributed by atoms with van der Waals surface area (Å²) in [4.78, 5) is 92.4. The lowest BCUT2D eigenvalue weighted by Gasteiger charge is -2.21. The number of rotatable bonds is 30. The van der Waals surface area contributed by atoms with E-state index in [2.05, 4.69) is 60.2 Å². The topological polar surface area (TPSA) is 591 Å². The van der Waals surface area contributed by atoms with Crippen molar-refractivity contribution in [2.75, 3.05) is 62.7 Å². The van der Waals surface area contributed by atoms with Gasteiger partial charge in [0, 0.05) is 65.1 Å². The Morgan fingerprint density at radius 2 is 1.70 bits per heavy atom. The molecule has 1 aromatic heterocycles. The zero-order valence-electron chi connectivity index (χ0n) is 44.2. The van der Waals surface area contributed by atoms with Gasteiger partial charge in [-0.1, -0.05) is 38.5 Å². The molecule has 1 saturated heterocycles. The lowest BCUT2D eigenvalue weighted by atomic mass is 9.89. The minimum Gasteiger partial charge on any atom is -0.478 e. The first-order chi connectivity index (χ1) is 40.9. The number of unbranched alkanes of at least 4 members (excludes halogenated alkanes) is 2. The van der Waals surface area contributed by atoms with Crippen LogP contribution in [0.3, 0.4) is 0 Å². The van der Waals surface area contributed by atoms with E-state index >= 15 is 0 Å². The van der Waals surface area contributed by atoms with E-state index in [0.29, 0.717) is 44.1 Å². The number of aromatic nitrogens is 2. The van der Waals surface area contributed by atoms with Crippen molar-refractivity contribution in [3.63, 3.8) is 0 Å². The molecule has 472 valence electrons. The van der Waals surface area contributed by atoms with Crippen LogP contribution in [0.1, 0.15) is 58.2 Å². The van der Waals surface area contributed by atoms with Crippen molar-refractivity contribution in [1.29, 1.82) is 5.41 Å². The van der Waals surface area contributed by atoms with Crippen LogP contribution >= 0.6 is 45.1 Å². The second kappa shape index (κ2) is 30.1. The summed E-state index contributed by atoms with van der Waals surface area (Å²) in [5, 5.41) is 28.7. The number of carboxylic acid groups (broad SMARTS) is 1. The Morgan fingerprint density at radius 3 is 2.39 bits per heavy atom. The van der Waals surface area contributed by atoms with Gasteiger partial charge >= 0.3 is 51.3 Å². The number of hydrogen-bond donors (Lipinski definition) is 13. The summed E-state index contributed by atoms with van der Waals surface area (Å²) in [5.74, 6) is 7.84. The number of ether oxygens (including phenoxy) is 3. The van der Waals surface area contributed by atoms with E-state index in [9.17, 15) is 69.2 Å². The van der Waals surface area contributed by atoms with Gasteiger partial charge in [-0.3, -0.25) is 23.8 Å². The summed E-state index contributed by atoms with van der Waals surface area (Å²) < 4.78 is 136. The average Bonchev–Trinajstić information content (AvgIpc) is 1.13. The highest BCUT2D eigenvalue weighted by Crippen LogP contribution is 2.66. The zero-order valence-corrected chi connectivity index (χ0v) is 50.2. The van der Waals surface area contributed by atoms with Crippen LogP contribution in [0.2, 0.25) is 0 Å². The number of azide groups is 1. The molecule has 3 amide bonds. The molecule has 2 aliphatic heterocycles. The SMILES string of the molecule is [N-]=[N+]=NCO[C@@H]1C[C@H](n2cc(C#CCNC(=O)NCCCCCOCSSCCNC(=O)c3ccc(C(=O)O)c(-c4c5ccc(=N)c(S(=O)(=O)O)c-5oc5c(S(=O)(=O)ON)c(N)ccc45)c3)c(N)nc2=O)O[C@@H]1COP(=O)(O)OP(=O)(O)OP(=O)(O)O. The molecule has 5 atom stereocenters. The molecule has 6 rings (SSSR count). The second-order valence-electron chi connectivity index (χ2n) is 17.5. The van der Waals surface area contributed by atoms with Crippen LogP contribution in [0.25, 0.3) is 43.9 Å². The fourth-order valence-corrected chi connectivity index (χ4v) is 14.2. The summed E-state index contributed by atoms with van der Waals surface area (Å²) in [5.41, 5.74) is 17.3. The summed E-state index contributed by atoms with van der Waals surface area (Å²) in [6.07, 6.45) is -0.916. The molecule has 3 heterocycles. The number of aromatic carboxylic acids is 1. The summed E-state index contributed by atoms with van der Waals surface area (Å²) in [6.45, 7) is -0.915. The van der Waals surface area contributed by atoms with Crippen molar-refractivity contribution in [2.24, 2.45) is 11.0 Å². The maximum Gasteiger partial charge on any atom is 0.490 e. The van der Waals surface area contributed by atoms with Gasteiger partial charge in [0.1, 0.15) is 30.8 Å². The molecular formula is C43H51N12O25P3S4. The molecule has 0 saturated carbocycles. The average molecular weight is 1360 g/mol. The number of nitrogen functional groups attached to an aromatic ring is 2. The molecule has 2 unspecified atom stereocenters. The van der Waals surface area contributed by atoms with Gasteiger partial charge in [-0.15, -0.1) is 0 Å². The number of benzene rings is 3. The molecule has 1 aliphatic carbocycles. The maximum atomic E-state index is 13.5. The van der Waals surface area contributed by atoms with Gasteiger partial charge in [0.05, 0.1) is 41.4 Å². The maximum absolute atomic E-state index is 13.5. The van der Waals surface area contributed by atoms with Gasteiger partial charge in [0.25, 0.3) is 16.0 Å². The van der Waals surface area contributed by atoms with Crippen molar-refractivity contribution in [3.8, 4) is 34.3 Å². The predicted molar refractivity (Wildman–Crippen MR) is 303 cm³/mol. The Morgan fingerprint density at radius 1 is 0.954 bits per heavy atom. The summed E-state index contributed by atoms with van der Waals surface area (Å²) in [6, 6.07) is 7.48. The minimum atomic E-state index is -5.84. The number of amides is 3. The van der Waals surface area contributed by atoms with Gasteiger partial charge in [-0.25, -0.2) is 28.1 Å². The van der Waals surface area contributed by atoms with E-state index in [4.69, 9.17) is 56.7 Å². The number of phosphoric acid groups is 3. The Labute approximate surface area is 498 Å². The van der Waals surface area contributed by atoms with E-state index in [1.165, 1.54) is 45.9 Å². The Kier molecular flexibility index (Phi) is 24.1. The molecule has 44 heteroatoms. The van der Waals surface area contributed by atoms with E-state index in [-0.39, 0.29) is 58.5 Å². The van der Waals surface area contributed by atoms with Crippen molar-refractivity contribution in [2.45, 2.75) is 53.9 Å². The van der Waals surface area contributed by atoms with E-state index in [1.54, 1.807) is 0 Å². The molecule has 16 N–H and O–H groups in total. The van der Waals surface area contributed by atoms with Crippen LogP contribution in [0.5, 0.6) is 0 Å². The fourth-order valence-electron chi connectivity index (χ4n) is 8.05. The summed E-state index contributed by atoms with van der Waals surface area (Å²) >= 11 is 0.